The monoisotopic (exact) mass is 556 g/mol. The molecule has 0 fully saturated rings. The number of nitrogens with zero attached hydrogens (tertiary/aromatic N) is 3. The van der Waals surface area contributed by atoms with Crippen molar-refractivity contribution >= 4 is 24.1 Å². The molecule has 7 nitrogen and oxygen atoms in total. The third-order valence-electron chi connectivity index (χ3n) is 8.43. The molecule has 6 rings (SSSR count). The first-order valence-corrected chi connectivity index (χ1v) is 15.2. The van der Waals surface area contributed by atoms with Crippen molar-refractivity contribution in [3.8, 4) is 0 Å². The molecule has 3 aliphatic rings. The number of alkyl halides is 2. The molecular weight excluding hydrogens is 523 g/mol. The van der Waals surface area contributed by atoms with Crippen molar-refractivity contribution in [1.29, 1.82) is 0 Å². The molecule has 0 radical (unpaired) electrons. The lowest BCUT2D eigenvalue weighted by atomic mass is 9.73. The average Bonchev–Trinajstić information content (AvgIpc) is 3.40. The number of amides is 1. The summed E-state index contributed by atoms with van der Waals surface area (Å²) in [7, 11) is -3.03. The predicted molar refractivity (Wildman–Crippen MR) is 144 cm³/mol. The maximum Gasteiger partial charge on any atom is 0.346 e. The number of benzene rings is 2. The van der Waals surface area contributed by atoms with E-state index in [1.807, 2.05) is 16.7 Å². The molecule has 1 aliphatic carbocycles. The summed E-state index contributed by atoms with van der Waals surface area (Å²) in [4.78, 5) is 19.6. The summed E-state index contributed by atoms with van der Waals surface area (Å²) < 4.78 is 73.7. The topological polar surface area (TPSA) is 84.7 Å². The second kappa shape index (κ2) is 8.68. The third kappa shape index (κ3) is 3.70. The number of carbonyl (C=O) groups is 1. The Labute approximate surface area is 229 Å². The van der Waals surface area contributed by atoms with Gasteiger partial charge in [0.15, 0.2) is 0 Å². The highest BCUT2D eigenvalue weighted by Crippen LogP contribution is 2.58. The normalized spacial score (nSPS) is 27.6. The molecular formula is C29H30F2N3O4P. The quantitative estimate of drug-likeness (QED) is 0.409. The van der Waals surface area contributed by atoms with Crippen LogP contribution in [0.3, 0.4) is 0 Å². The molecule has 1 amide bonds. The molecule has 1 unspecified atom stereocenters. The van der Waals surface area contributed by atoms with E-state index < -0.39 is 49.7 Å². The fraction of sp³-hybridized carbons (Fsp3) is 0.379. The Hall–Kier alpha value is -3.13. The van der Waals surface area contributed by atoms with Gasteiger partial charge in [0.1, 0.15) is 23.9 Å². The first-order valence-electron chi connectivity index (χ1n) is 14.1. The van der Waals surface area contributed by atoms with Gasteiger partial charge in [0.25, 0.3) is 5.91 Å². The van der Waals surface area contributed by atoms with Crippen LogP contribution in [0, 0.1) is 0 Å². The summed E-state index contributed by atoms with van der Waals surface area (Å²) in [5.74, 6) is -0.447. The van der Waals surface area contributed by atoms with E-state index in [9.17, 15) is 23.2 Å². The van der Waals surface area contributed by atoms with Crippen molar-refractivity contribution in [3.63, 3.8) is 0 Å². The van der Waals surface area contributed by atoms with Crippen molar-refractivity contribution in [2.24, 2.45) is 0 Å². The molecule has 0 spiro atoms. The highest BCUT2D eigenvalue weighted by Gasteiger charge is 2.53. The summed E-state index contributed by atoms with van der Waals surface area (Å²) >= 11 is 0. The minimum atomic E-state index is -3.24. The van der Waals surface area contributed by atoms with Gasteiger partial charge < -0.3 is 23.9 Å². The third-order valence-corrected chi connectivity index (χ3v) is 10.8. The number of hydrogen-bond donors (Lipinski definition) is 1. The maximum absolute atomic E-state index is 14.4. The summed E-state index contributed by atoms with van der Waals surface area (Å²) in [5, 5.41) is 9.36. The number of rotatable bonds is 5. The Morgan fingerprint density at radius 1 is 1.21 bits per heavy atom. The zero-order chi connectivity index (χ0) is 30.4. The van der Waals surface area contributed by atoms with E-state index in [0.717, 1.165) is 4.90 Å². The van der Waals surface area contributed by atoms with Crippen molar-refractivity contribution in [2.45, 2.75) is 49.4 Å². The first-order chi connectivity index (χ1) is 19.6. The molecule has 0 saturated carbocycles. The lowest BCUT2D eigenvalue weighted by Gasteiger charge is -2.41. The van der Waals surface area contributed by atoms with Gasteiger partial charge in [-0.05, 0) is 49.9 Å². The molecule has 2 aliphatic heterocycles. The highest BCUT2D eigenvalue weighted by molar-refractivity contribution is 7.63. The first kappa shape index (κ1) is 22.7. The number of ether oxygens (including phenoxy) is 1. The van der Waals surface area contributed by atoms with Gasteiger partial charge in [-0.3, -0.25) is 4.79 Å². The molecule has 204 valence electrons. The Morgan fingerprint density at radius 2 is 1.92 bits per heavy atom. The molecule has 1 aromatic heterocycles. The standard InChI is InChI=1S/C29H30F2N3O4P/c1-28(36,39(3,4)37)17-11-13-18(14-12-17)29(38-27(30)31)15-7-8-19-24(29)22-16-23(33(2)26(19)35)25-32-20-9-5-6-10-21(20)34(22)25/h5-14,22-23,27,36H,15-16H2,1-4H3/t22-,23-,28+,29?/m1/s1/i2D3. The van der Waals surface area contributed by atoms with E-state index >= 15 is 0 Å². The van der Waals surface area contributed by atoms with Crippen molar-refractivity contribution in [3.05, 3.63) is 88.8 Å². The molecule has 39 heavy (non-hydrogen) atoms. The summed E-state index contributed by atoms with van der Waals surface area (Å²) in [5.41, 5.74) is 0.244. The number of fused-ring (bicyclic) bond motifs is 8. The largest absolute Gasteiger partial charge is 0.378 e. The van der Waals surface area contributed by atoms with E-state index in [1.165, 1.54) is 50.6 Å². The highest BCUT2D eigenvalue weighted by atomic mass is 31.2. The molecule has 2 bridgehead atoms. The van der Waals surface area contributed by atoms with E-state index in [0.29, 0.717) is 22.4 Å². The fourth-order valence-corrected chi connectivity index (χ4v) is 6.92. The molecule has 10 heteroatoms. The van der Waals surface area contributed by atoms with Gasteiger partial charge in [-0.25, -0.2) is 4.98 Å². The van der Waals surface area contributed by atoms with Crippen LogP contribution in [0.25, 0.3) is 11.0 Å². The van der Waals surface area contributed by atoms with Crippen molar-refractivity contribution in [1.82, 2.24) is 14.5 Å². The van der Waals surface area contributed by atoms with Gasteiger partial charge in [-0.1, -0.05) is 48.6 Å². The number of para-hydroxylation sites is 2. The zero-order valence-corrected chi connectivity index (χ0v) is 22.5. The number of imidazole rings is 1. The van der Waals surface area contributed by atoms with Crippen LogP contribution >= 0.6 is 7.14 Å². The Bertz CT molecular complexity index is 1710. The summed E-state index contributed by atoms with van der Waals surface area (Å²) in [6.45, 7) is -1.71. The predicted octanol–water partition coefficient (Wildman–Crippen LogP) is 5.67. The van der Waals surface area contributed by atoms with E-state index in [2.05, 4.69) is 0 Å². The summed E-state index contributed by atoms with van der Waals surface area (Å²) in [6, 6.07) is 11.7. The number of carbonyl (C=O) groups excluding carboxylic acids is 1. The van der Waals surface area contributed by atoms with Crippen LogP contribution in [-0.2, 0) is 25.0 Å². The lowest BCUT2D eigenvalue weighted by molar-refractivity contribution is -0.201. The molecule has 0 saturated heterocycles. The fourth-order valence-electron chi connectivity index (χ4n) is 6.15. The molecule has 3 aromatic rings. The van der Waals surface area contributed by atoms with Crippen LogP contribution in [0.2, 0.25) is 0 Å². The summed E-state index contributed by atoms with van der Waals surface area (Å²) in [6.07, 6.45) is 3.09. The van der Waals surface area contributed by atoms with Gasteiger partial charge in [-0.2, -0.15) is 8.78 Å². The van der Waals surface area contributed by atoms with Crippen LogP contribution in [0.1, 0.15) is 52.9 Å². The van der Waals surface area contributed by atoms with Gasteiger partial charge in [0.2, 0.25) is 0 Å². The second-order valence-electron chi connectivity index (χ2n) is 10.9. The van der Waals surface area contributed by atoms with Gasteiger partial charge in [-0.15, -0.1) is 0 Å². The van der Waals surface area contributed by atoms with Crippen LogP contribution in [-0.4, -0.2) is 52.4 Å². The second-order valence-corrected chi connectivity index (χ2v) is 14.4. The van der Waals surface area contributed by atoms with E-state index in [-0.39, 0.29) is 29.6 Å². The van der Waals surface area contributed by atoms with Crippen LogP contribution in [0.5, 0.6) is 0 Å². The molecule has 2 aromatic carbocycles. The van der Waals surface area contributed by atoms with Gasteiger partial charge in [0.05, 0.1) is 23.1 Å². The zero-order valence-electron chi connectivity index (χ0n) is 24.6. The number of aliphatic hydroxyl groups is 1. The molecule has 1 N–H and O–H groups in total. The lowest BCUT2D eigenvalue weighted by Crippen LogP contribution is -2.41. The van der Waals surface area contributed by atoms with Crippen LogP contribution < -0.4 is 0 Å². The maximum atomic E-state index is 14.4. The van der Waals surface area contributed by atoms with Crippen molar-refractivity contribution < 1.29 is 32.1 Å². The SMILES string of the molecule is [2H]C([2H])([2H])N1C(=O)C2=C([C@H]3C[C@@H]1c1nc4ccccc4n13)C(OC(F)F)(c1ccc([C@@](C)(O)P(C)(C)=O)cc1)CC=C2. The Balaban J connectivity index is 1.62. The average molecular weight is 557 g/mol. The minimum Gasteiger partial charge on any atom is -0.378 e. The smallest absolute Gasteiger partial charge is 0.346 e. The number of halogens is 2. The van der Waals surface area contributed by atoms with Gasteiger partial charge >= 0.3 is 6.61 Å². The number of aromatic nitrogens is 2. The van der Waals surface area contributed by atoms with Crippen molar-refractivity contribution in [2.75, 3.05) is 20.3 Å². The number of likely N-dealkylation sites (N-methyl/N-ethyl adjacent to an activating group) is 1. The van der Waals surface area contributed by atoms with Crippen LogP contribution in [0.4, 0.5) is 8.78 Å². The Morgan fingerprint density at radius 3 is 2.59 bits per heavy atom. The minimum absolute atomic E-state index is 0.0170. The van der Waals surface area contributed by atoms with E-state index in [1.54, 1.807) is 18.2 Å². The Kier molecular flexibility index (Phi) is 5.05. The van der Waals surface area contributed by atoms with Crippen LogP contribution in [0.15, 0.2) is 71.8 Å². The molecule has 3 heterocycles. The molecule has 4 atom stereocenters. The van der Waals surface area contributed by atoms with Gasteiger partial charge in [0, 0.05) is 28.7 Å². The van der Waals surface area contributed by atoms with E-state index in [4.69, 9.17) is 13.8 Å². The number of hydrogen-bond acceptors (Lipinski definition) is 5.